The van der Waals surface area contributed by atoms with E-state index in [1.165, 1.54) is 29.7 Å². The van der Waals surface area contributed by atoms with Crippen molar-refractivity contribution >= 4 is 11.6 Å². The molecule has 3 heteroatoms. The van der Waals surface area contributed by atoms with Gasteiger partial charge in [-0.25, -0.2) is 4.98 Å². The molecule has 2 aromatic rings. The maximum atomic E-state index is 4.64. The Morgan fingerprint density at radius 2 is 2.11 bits per heavy atom. The Hall–Kier alpha value is -1.77. The molecule has 0 bridgehead atoms. The molecule has 3 nitrogen and oxygen atoms in total. The molecule has 0 radical (unpaired) electrons. The van der Waals surface area contributed by atoms with Crippen LogP contribution in [0.2, 0.25) is 0 Å². The molecule has 1 fully saturated rings. The van der Waals surface area contributed by atoms with Gasteiger partial charge in [0.1, 0.15) is 0 Å². The molecular weight excluding hydrogens is 234 g/mol. The molecule has 0 saturated heterocycles. The lowest BCUT2D eigenvalue weighted by Gasteiger charge is -2.14. The van der Waals surface area contributed by atoms with Gasteiger partial charge in [0.05, 0.1) is 5.69 Å². The van der Waals surface area contributed by atoms with Crippen LogP contribution in [0.1, 0.15) is 42.6 Å². The van der Waals surface area contributed by atoms with Crippen molar-refractivity contribution in [2.45, 2.75) is 46.1 Å². The van der Waals surface area contributed by atoms with Crippen molar-refractivity contribution < 1.29 is 0 Å². The standard InChI is InChI=1S/C16H21N3/c1-4-13-7-5-6-11(2)15(13)18-16-17-12(3)10-19(16)14-8-9-14/h5-7,10,14H,4,8-9H2,1-3H3,(H,17,18). The summed E-state index contributed by atoms with van der Waals surface area (Å²) in [6.45, 7) is 6.40. The van der Waals surface area contributed by atoms with Crippen LogP contribution in [-0.4, -0.2) is 9.55 Å². The van der Waals surface area contributed by atoms with E-state index < -0.39 is 0 Å². The third kappa shape index (κ3) is 2.37. The summed E-state index contributed by atoms with van der Waals surface area (Å²) in [7, 11) is 0. The highest BCUT2D eigenvalue weighted by molar-refractivity contribution is 5.63. The minimum Gasteiger partial charge on any atom is -0.325 e. The molecule has 0 atom stereocenters. The monoisotopic (exact) mass is 255 g/mol. The molecule has 19 heavy (non-hydrogen) atoms. The van der Waals surface area contributed by atoms with Crippen molar-refractivity contribution in [1.82, 2.24) is 9.55 Å². The SMILES string of the molecule is CCc1cccc(C)c1Nc1nc(C)cn1C1CC1. The van der Waals surface area contributed by atoms with Gasteiger partial charge in [0.2, 0.25) is 5.95 Å². The van der Waals surface area contributed by atoms with Crippen molar-refractivity contribution in [3.8, 4) is 0 Å². The summed E-state index contributed by atoms with van der Waals surface area (Å²) in [6.07, 6.45) is 5.74. The van der Waals surface area contributed by atoms with E-state index in [-0.39, 0.29) is 0 Å². The first-order valence-corrected chi connectivity index (χ1v) is 7.10. The van der Waals surface area contributed by atoms with Crippen molar-refractivity contribution in [3.63, 3.8) is 0 Å². The highest BCUT2D eigenvalue weighted by Gasteiger charge is 2.26. The highest BCUT2D eigenvalue weighted by Crippen LogP contribution is 2.38. The van der Waals surface area contributed by atoms with E-state index in [9.17, 15) is 0 Å². The lowest BCUT2D eigenvalue weighted by molar-refractivity contribution is 0.750. The molecule has 1 aromatic carbocycles. The summed E-state index contributed by atoms with van der Waals surface area (Å²) in [5, 5.41) is 3.55. The number of imidazole rings is 1. The maximum absolute atomic E-state index is 4.64. The van der Waals surface area contributed by atoms with Crippen molar-refractivity contribution in [3.05, 3.63) is 41.2 Å². The Morgan fingerprint density at radius 1 is 1.32 bits per heavy atom. The van der Waals surface area contributed by atoms with E-state index in [0.29, 0.717) is 6.04 Å². The summed E-state index contributed by atoms with van der Waals surface area (Å²) < 4.78 is 2.29. The molecule has 100 valence electrons. The maximum Gasteiger partial charge on any atom is 0.207 e. The van der Waals surface area contributed by atoms with Crippen LogP contribution < -0.4 is 5.32 Å². The largest absolute Gasteiger partial charge is 0.325 e. The zero-order valence-electron chi connectivity index (χ0n) is 11.9. The van der Waals surface area contributed by atoms with E-state index >= 15 is 0 Å². The highest BCUT2D eigenvalue weighted by atomic mass is 15.2. The number of para-hydroxylation sites is 1. The molecule has 0 spiro atoms. The lowest BCUT2D eigenvalue weighted by atomic mass is 10.1. The van der Waals surface area contributed by atoms with E-state index in [1.54, 1.807) is 0 Å². The Labute approximate surface area is 114 Å². The Morgan fingerprint density at radius 3 is 2.79 bits per heavy atom. The number of rotatable bonds is 4. The van der Waals surface area contributed by atoms with Crippen LogP contribution >= 0.6 is 0 Å². The predicted molar refractivity (Wildman–Crippen MR) is 79.1 cm³/mol. The minimum atomic E-state index is 0.651. The molecule has 1 N–H and O–H groups in total. The van der Waals surface area contributed by atoms with Gasteiger partial charge in [0.25, 0.3) is 0 Å². The quantitative estimate of drug-likeness (QED) is 0.889. The normalized spacial score (nSPS) is 14.7. The van der Waals surface area contributed by atoms with Crippen LogP contribution in [0.4, 0.5) is 11.6 Å². The van der Waals surface area contributed by atoms with E-state index in [0.717, 1.165) is 18.1 Å². The van der Waals surface area contributed by atoms with E-state index in [2.05, 4.69) is 60.0 Å². The molecule has 0 aliphatic heterocycles. The van der Waals surface area contributed by atoms with Gasteiger partial charge >= 0.3 is 0 Å². The van der Waals surface area contributed by atoms with Gasteiger partial charge in [0, 0.05) is 17.9 Å². The Bertz CT molecular complexity index is 594. The molecule has 1 heterocycles. The first-order chi connectivity index (χ1) is 9.19. The van der Waals surface area contributed by atoms with Gasteiger partial charge < -0.3 is 9.88 Å². The lowest BCUT2D eigenvalue weighted by Crippen LogP contribution is -2.04. The fourth-order valence-electron chi connectivity index (χ4n) is 2.55. The Kier molecular flexibility index (Phi) is 3.05. The number of hydrogen-bond donors (Lipinski definition) is 1. The van der Waals surface area contributed by atoms with Gasteiger partial charge in [0.15, 0.2) is 0 Å². The van der Waals surface area contributed by atoms with E-state index in [1.807, 2.05) is 0 Å². The second kappa shape index (κ2) is 4.72. The number of aromatic nitrogens is 2. The average molecular weight is 255 g/mol. The molecule has 0 amide bonds. The number of anilines is 2. The van der Waals surface area contributed by atoms with Crippen LogP contribution in [0.5, 0.6) is 0 Å². The fourth-order valence-corrected chi connectivity index (χ4v) is 2.55. The summed E-state index contributed by atoms with van der Waals surface area (Å²) in [4.78, 5) is 4.64. The smallest absolute Gasteiger partial charge is 0.207 e. The first kappa shape index (κ1) is 12.3. The molecule has 1 saturated carbocycles. The van der Waals surface area contributed by atoms with Gasteiger partial charge in [-0.1, -0.05) is 25.1 Å². The van der Waals surface area contributed by atoms with Gasteiger partial charge in [-0.05, 0) is 44.2 Å². The van der Waals surface area contributed by atoms with Crippen molar-refractivity contribution in [1.29, 1.82) is 0 Å². The minimum absolute atomic E-state index is 0.651. The second-order valence-corrected chi connectivity index (χ2v) is 5.43. The molecule has 1 aliphatic rings. The molecule has 1 aromatic heterocycles. The van der Waals surface area contributed by atoms with Crippen LogP contribution in [0, 0.1) is 13.8 Å². The first-order valence-electron chi connectivity index (χ1n) is 7.10. The third-order valence-corrected chi connectivity index (χ3v) is 3.77. The fraction of sp³-hybridized carbons (Fsp3) is 0.438. The number of hydrogen-bond acceptors (Lipinski definition) is 2. The van der Waals surface area contributed by atoms with Crippen molar-refractivity contribution in [2.24, 2.45) is 0 Å². The number of benzene rings is 1. The molecule has 1 aliphatic carbocycles. The van der Waals surface area contributed by atoms with E-state index in [4.69, 9.17) is 0 Å². The van der Waals surface area contributed by atoms with Crippen LogP contribution in [-0.2, 0) is 6.42 Å². The third-order valence-electron chi connectivity index (χ3n) is 3.77. The van der Waals surface area contributed by atoms with Crippen molar-refractivity contribution in [2.75, 3.05) is 5.32 Å². The zero-order chi connectivity index (χ0) is 13.4. The Balaban J connectivity index is 1.97. The summed E-state index contributed by atoms with van der Waals surface area (Å²) in [5.74, 6) is 0.990. The number of aryl methyl sites for hydroxylation is 3. The van der Waals surface area contributed by atoms with Crippen LogP contribution in [0.15, 0.2) is 24.4 Å². The average Bonchev–Trinajstić information content (AvgIpc) is 3.16. The van der Waals surface area contributed by atoms with Gasteiger partial charge in [-0.15, -0.1) is 0 Å². The molecular formula is C16H21N3. The molecule has 3 rings (SSSR count). The topological polar surface area (TPSA) is 29.9 Å². The number of nitrogens with zero attached hydrogens (tertiary/aromatic N) is 2. The van der Waals surface area contributed by atoms with Crippen LogP contribution in [0.25, 0.3) is 0 Å². The second-order valence-electron chi connectivity index (χ2n) is 5.43. The van der Waals surface area contributed by atoms with Gasteiger partial charge in [-0.2, -0.15) is 0 Å². The summed E-state index contributed by atoms with van der Waals surface area (Å²) >= 11 is 0. The number of nitrogens with one attached hydrogen (secondary N) is 1. The predicted octanol–water partition coefficient (Wildman–Crippen LogP) is 4.14. The summed E-state index contributed by atoms with van der Waals surface area (Å²) in [5.41, 5.74) is 4.93. The zero-order valence-corrected chi connectivity index (χ0v) is 11.9. The molecule has 0 unspecified atom stereocenters. The van der Waals surface area contributed by atoms with Crippen LogP contribution in [0.3, 0.4) is 0 Å². The summed E-state index contributed by atoms with van der Waals surface area (Å²) in [6, 6.07) is 7.11. The van der Waals surface area contributed by atoms with Gasteiger partial charge in [-0.3, -0.25) is 0 Å².